The summed E-state index contributed by atoms with van der Waals surface area (Å²) in [5, 5.41) is 22.3. The zero-order valence-electron chi connectivity index (χ0n) is 12.9. The molecular weight excluding hydrogens is 326 g/mol. The van der Waals surface area contributed by atoms with E-state index in [4.69, 9.17) is 5.11 Å². The van der Waals surface area contributed by atoms with E-state index < -0.39 is 16.9 Å². The number of carboxylic acid groups (broad SMARTS) is 1. The zero-order valence-corrected chi connectivity index (χ0v) is 13.7. The van der Waals surface area contributed by atoms with E-state index in [2.05, 4.69) is 5.32 Å². The van der Waals surface area contributed by atoms with E-state index in [0.717, 1.165) is 0 Å². The molecule has 0 saturated carbocycles. The number of hydrogen-bond donors (Lipinski definition) is 2. The first-order valence-corrected chi connectivity index (χ1v) is 6.84. The van der Waals surface area contributed by atoms with Crippen LogP contribution in [0.2, 0.25) is 0 Å². The van der Waals surface area contributed by atoms with Crippen molar-refractivity contribution in [1.82, 2.24) is 5.32 Å². The predicted octanol–water partition coefficient (Wildman–Crippen LogP) is 1.82. The van der Waals surface area contributed by atoms with Gasteiger partial charge < -0.3 is 10.0 Å². The number of anilines is 1. The van der Waals surface area contributed by atoms with E-state index in [-0.39, 0.29) is 30.5 Å². The largest absolute Gasteiger partial charge is 0.480 e. The first kappa shape index (κ1) is 20.8. The lowest BCUT2D eigenvalue weighted by Gasteiger charge is -2.19. The maximum absolute atomic E-state index is 12.0. The first-order valence-electron chi connectivity index (χ1n) is 6.84. The zero-order chi connectivity index (χ0) is 16.7. The molecule has 0 aromatic heterocycles. The van der Waals surface area contributed by atoms with E-state index >= 15 is 0 Å². The number of likely N-dealkylation sites (N-methyl/N-ethyl adjacent to an activating group) is 1. The van der Waals surface area contributed by atoms with Gasteiger partial charge in [0, 0.05) is 24.9 Å². The first-order chi connectivity index (χ1) is 10.4. The monoisotopic (exact) mass is 345 g/mol. The number of nitrogens with zero attached hydrogens (tertiary/aromatic N) is 2. The highest BCUT2D eigenvalue weighted by molar-refractivity contribution is 5.94. The van der Waals surface area contributed by atoms with Crippen LogP contribution in [0.25, 0.3) is 0 Å². The molecule has 1 amide bonds. The molecule has 0 radical (unpaired) electrons. The summed E-state index contributed by atoms with van der Waals surface area (Å²) in [5.41, 5.74) is 0.441. The third kappa shape index (κ3) is 6.21. The van der Waals surface area contributed by atoms with Gasteiger partial charge in [-0.3, -0.25) is 25.0 Å². The van der Waals surface area contributed by atoms with Crippen LogP contribution in [-0.4, -0.2) is 41.5 Å². The van der Waals surface area contributed by atoms with Gasteiger partial charge in [-0.1, -0.05) is 13.3 Å². The van der Waals surface area contributed by atoms with E-state index in [1.54, 1.807) is 0 Å². The SMILES string of the molecule is CCCC(NCC(=O)N(C)c1ccc([N+](=O)[O-])cc1)C(=O)O.Cl. The van der Waals surface area contributed by atoms with Crippen molar-refractivity contribution in [2.45, 2.75) is 25.8 Å². The highest BCUT2D eigenvalue weighted by Gasteiger charge is 2.19. The van der Waals surface area contributed by atoms with Crippen molar-refractivity contribution >= 4 is 35.7 Å². The molecule has 1 unspecified atom stereocenters. The van der Waals surface area contributed by atoms with Crippen LogP contribution in [0.5, 0.6) is 0 Å². The van der Waals surface area contributed by atoms with E-state index in [1.807, 2.05) is 6.92 Å². The van der Waals surface area contributed by atoms with Gasteiger partial charge in [0.05, 0.1) is 11.5 Å². The van der Waals surface area contributed by atoms with Gasteiger partial charge in [-0.25, -0.2) is 0 Å². The Hall–Kier alpha value is -2.19. The van der Waals surface area contributed by atoms with Crippen molar-refractivity contribution in [3.63, 3.8) is 0 Å². The molecule has 0 aliphatic carbocycles. The molecule has 9 heteroatoms. The molecule has 128 valence electrons. The third-order valence-corrected chi connectivity index (χ3v) is 3.20. The van der Waals surface area contributed by atoms with Crippen molar-refractivity contribution < 1.29 is 19.6 Å². The van der Waals surface area contributed by atoms with Crippen LogP contribution in [0.1, 0.15) is 19.8 Å². The Morgan fingerprint density at radius 1 is 1.35 bits per heavy atom. The smallest absolute Gasteiger partial charge is 0.320 e. The van der Waals surface area contributed by atoms with E-state index in [0.29, 0.717) is 18.5 Å². The molecule has 2 N–H and O–H groups in total. The number of rotatable bonds is 8. The predicted molar refractivity (Wildman–Crippen MR) is 88.1 cm³/mol. The van der Waals surface area contributed by atoms with Crippen LogP contribution in [0.4, 0.5) is 11.4 Å². The molecule has 0 fully saturated rings. The second-order valence-electron chi connectivity index (χ2n) is 4.79. The number of amides is 1. The molecule has 1 aromatic rings. The van der Waals surface area contributed by atoms with Crippen LogP contribution >= 0.6 is 12.4 Å². The van der Waals surface area contributed by atoms with Crippen LogP contribution in [0.3, 0.4) is 0 Å². The molecule has 0 bridgehead atoms. The molecule has 1 rings (SSSR count). The molecule has 0 saturated heterocycles. The standard InChI is InChI=1S/C14H19N3O5.ClH/c1-3-4-12(14(19)20)15-9-13(18)16(2)10-5-7-11(8-6-10)17(21)22;/h5-8,12,15H,3-4,9H2,1-2H3,(H,19,20);1H. The summed E-state index contributed by atoms with van der Waals surface area (Å²) >= 11 is 0. The average Bonchev–Trinajstić information content (AvgIpc) is 2.50. The Morgan fingerprint density at radius 3 is 2.35 bits per heavy atom. The number of carbonyl (C=O) groups excluding carboxylic acids is 1. The Morgan fingerprint density at radius 2 is 1.91 bits per heavy atom. The number of aliphatic carboxylic acids is 1. The highest BCUT2D eigenvalue weighted by atomic mass is 35.5. The molecule has 1 aromatic carbocycles. The second kappa shape index (κ2) is 9.75. The molecule has 23 heavy (non-hydrogen) atoms. The van der Waals surface area contributed by atoms with Crippen LogP contribution < -0.4 is 10.2 Å². The Kier molecular flexibility index (Phi) is 8.82. The Balaban J connectivity index is 0.00000484. The fourth-order valence-electron chi connectivity index (χ4n) is 1.87. The lowest BCUT2D eigenvalue weighted by Crippen LogP contribution is -2.43. The van der Waals surface area contributed by atoms with Crippen molar-refractivity contribution in [1.29, 1.82) is 0 Å². The van der Waals surface area contributed by atoms with Crippen molar-refractivity contribution in [3.05, 3.63) is 34.4 Å². The summed E-state index contributed by atoms with van der Waals surface area (Å²) in [7, 11) is 1.53. The molecule has 0 aliphatic heterocycles. The minimum Gasteiger partial charge on any atom is -0.480 e. The summed E-state index contributed by atoms with van der Waals surface area (Å²) in [6, 6.07) is 4.79. The second-order valence-corrected chi connectivity index (χ2v) is 4.79. The number of non-ortho nitro benzene ring substituents is 1. The highest BCUT2D eigenvalue weighted by Crippen LogP contribution is 2.18. The number of carboxylic acids is 1. The van der Waals surface area contributed by atoms with Gasteiger partial charge >= 0.3 is 5.97 Å². The lowest BCUT2D eigenvalue weighted by atomic mass is 10.1. The number of nitro benzene ring substituents is 1. The number of nitrogens with one attached hydrogen (secondary N) is 1. The topological polar surface area (TPSA) is 113 Å². The summed E-state index contributed by atoms with van der Waals surface area (Å²) in [6.07, 6.45) is 1.13. The minimum absolute atomic E-state index is 0. The van der Waals surface area contributed by atoms with Gasteiger partial charge in [0.15, 0.2) is 0 Å². The van der Waals surface area contributed by atoms with E-state index in [9.17, 15) is 19.7 Å². The number of halogens is 1. The fraction of sp³-hybridized carbons (Fsp3) is 0.429. The number of benzene rings is 1. The van der Waals surface area contributed by atoms with Gasteiger partial charge in [0.1, 0.15) is 6.04 Å². The fourth-order valence-corrected chi connectivity index (χ4v) is 1.87. The number of carbonyl (C=O) groups is 2. The van der Waals surface area contributed by atoms with Crippen molar-refractivity contribution in [3.8, 4) is 0 Å². The molecule has 8 nitrogen and oxygen atoms in total. The van der Waals surface area contributed by atoms with Crippen LogP contribution in [0, 0.1) is 10.1 Å². The van der Waals surface area contributed by atoms with Gasteiger partial charge in [0.25, 0.3) is 5.69 Å². The Bertz CT molecular complexity index is 550. The minimum atomic E-state index is -0.993. The Labute approximate surface area is 140 Å². The summed E-state index contributed by atoms with van der Waals surface area (Å²) < 4.78 is 0. The number of hydrogen-bond acceptors (Lipinski definition) is 5. The molecule has 0 heterocycles. The van der Waals surface area contributed by atoms with Gasteiger partial charge in [0.2, 0.25) is 5.91 Å². The van der Waals surface area contributed by atoms with Crippen molar-refractivity contribution in [2.24, 2.45) is 0 Å². The maximum atomic E-state index is 12.0. The summed E-state index contributed by atoms with van der Waals surface area (Å²) in [4.78, 5) is 34.4. The van der Waals surface area contributed by atoms with Gasteiger partial charge in [-0.2, -0.15) is 0 Å². The molecule has 0 spiro atoms. The maximum Gasteiger partial charge on any atom is 0.320 e. The van der Waals surface area contributed by atoms with Crippen LogP contribution in [-0.2, 0) is 9.59 Å². The lowest BCUT2D eigenvalue weighted by molar-refractivity contribution is -0.384. The van der Waals surface area contributed by atoms with Crippen molar-refractivity contribution in [2.75, 3.05) is 18.5 Å². The average molecular weight is 346 g/mol. The quantitative estimate of drug-likeness (QED) is 0.549. The van der Waals surface area contributed by atoms with E-state index in [1.165, 1.54) is 36.2 Å². The molecule has 1 atom stereocenters. The van der Waals surface area contributed by atoms with Gasteiger partial charge in [-0.15, -0.1) is 12.4 Å². The summed E-state index contributed by atoms with van der Waals surface area (Å²) in [5.74, 6) is -1.32. The van der Waals surface area contributed by atoms with Crippen LogP contribution in [0.15, 0.2) is 24.3 Å². The number of nitro groups is 1. The van der Waals surface area contributed by atoms with Gasteiger partial charge in [-0.05, 0) is 18.6 Å². The normalized spacial score (nSPS) is 11.2. The molecule has 0 aliphatic rings. The third-order valence-electron chi connectivity index (χ3n) is 3.20. The summed E-state index contributed by atoms with van der Waals surface area (Å²) in [6.45, 7) is 1.74. The molecular formula is C14H20ClN3O5.